The van der Waals surface area contributed by atoms with Crippen molar-refractivity contribution in [2.24, 2.45) is 5.92 Å². The van der Waals surface area contributed by atoms with Crippen molar-refractivity contribution in [3.63, 3.8) is 0 Å². The minimum absolute atomic E-state index is 0.00446. The first-order valence-corrected chi connectivity index (χ1v) is 19.9. The predicted octanol–water partition coefficient (Wildman–Crippen LogP) is 5.18. The normalized spacial score (nSPS) is 20.2. The minimum Gasteiger partial charge on any atom is -0.426 e. The number of carbonyl (C=O) groups excluding carboxylic acids is 2. The topological polar surface area (TPSA) is 267 Å². The Morgan fingerprint density at radius 1 is 0.967 bits per heavy atom. The molecule has 4 heterocycles. The lowest BCUT2D eigenvalue weighted by atomic mass is 9.97. The molecule has 4 unspecified atom stereocenters. The first-order valence-electron chi connectivity index (χ1n) is 19.5. The number of benzene rings is 2. The predicted molar refractivity (Wildman–Crippen MR) is 209 cm³/mol. The van der Waals surface area contributed by atoms with E-state index < -0.39 is 71.1 Å². The first-order chi connectivity index (χ1) is 29.3. The van der Waals surface area contributed by atoms with Crippen LogP contribution in [0.25, 0.3) is 22.5 Å². The maximum absolute atomic E-state index is 13.6. The Morgan fingerprint density at radius 3 is 2.33 bits per heavy atom. The fraction of sp³-hybridized carbons (Fsp3) is 0.526. The lowest BCUT2D eigenvalue weighted by molar-refractivity contribution is -0.799. The van der Waals surface area contributed by atoms with Gasteiger partial charge in [-0.25, -0.2) is 14.6 Å². The highest BCUT2D eigenvalue weighted by molar-refractivity contribution is 6.32. The largest absolute Gasteiger partial charge is 0.511 e. The molecule has 2 aliphatic rings. The summed E-state index contributed by atoms with van der Waals surface area (Å²) in [5.41, 5.74) is 3.49. The van der Waals surface area contributed by atoms with Gasteiger partial charge >= 0.3 is 12.1 Å². The summed E-state index contributed by atoms with van der Waals surface area (Å²) in [4.78, 5) is 61.8. The van der Waals surface area contributed by atoms with E-state index in [4.69, 9.17) is 40.0 Å². The highest BCUT2D eigenvalue weighted by atomic mass is 35.5. The van der Waals surface area contributed by atoms with Crippen LogP contribution in [0.15, 0.2) is 48.5 Å². The Morgan fingerprint density at radius 2 is 1.66 bits per heavy atom. The molecule has 0 radical (unpaired) electrons. The molecule has 0 bridgehead atoms. The molecular weight excluding hydrogens is 828 g/mol. The second kappa shape index (κ2) is 20.5. The molecule has 8 atom stereocenters. The first kappa shape index (κ1) is 44.6. The molecular formula is C38H45ClN8O14. The zero-order chi connectivity index (χ0) is 43.6. The number of H-pyrrole nitrogens is 1. The molecule has 22 nitrogen and oxygen atoms in total. The van der Waals surface area contributed by atoms with E-state index in [9.17, 15) is 29.8 Å². The third kappa shape index (κ3) is 11.2. The van der Waals surface area contributed by atoms with Crippen LogP contribution < -0.4 is 0 Å². The quantitative estimate of drug-likeness (QED) is 0.0489. The number of aryl methyl sites for hydroxylation is 1. The molecule has 61 heavy (non-hydrogen) atoms. The molecule has 23 heteroatoms. The number of carbonyl (C=O) groups is 2. The van der Waals surface area contributed by atoms with Crippen molar-refractivity contribution in [1.29, 1.82) is 0 Å². The molecule has 328 valence electrons. The maximum Gasteiger partial charge on any atom is 0.511 e. The number of tetrazole rings is 1. The maximum atomic E-state index is 13.6. The summed E-state index contributed by atoms with van der Waals surface area (Å²) >= 11 is 6.56. The molecule has 2 saturated heterocycles. The molecule has 2 fully saturated rings. The van der Waals surface area contributed by atoms with Crippen LogP contribution in [0.2, 0.25) is 5.15 Å². The Balaban J connectivity index is 1.02. The smallest absolute Gasteiger partial charge is 0.426 e. The van der Waals surface area contributed by atoms with E-state index in [0.717, 1.165) is 35.1 Å². The van der Waals surface area contributed by atoms with Crippen LogP contribution >= 0.6 is 11.6 Å². The Bertz CT molecular complexity index is 2120. The van der Waals surface area contributed by atoms with E-state index in [2.05, 4.69) is 35.3 Å². The van der Waals surface area contributed by atoms with Crippen molar-refractivity contribution in [3.05, 3.63) is 91.0 Å². The van der Waals surface area contributed by atoms with Gasteiger partial charge in [-0.05, 0) is 47.6 Å². The van der Waals surface area contributed by atoms with E-state index in [0.29, 0.717) is 18.1 Å². The molecule has 4 aromatic rings. The number of rotatable bonds is 21. The molecule has 2 aromatic heterocycles. The minimum atomic E-state index is -1.39. The summed E-state index contributed by atoms with van der Waals surface area (Å²) in [6, 6.07) is 15.5. The van der Waals surface area contributed by atoms with Crippen molar-refractivity contribution in [1.82, 2.24) is 30.2 Å². The van der Waals surface area contributed by atoms with Crippen LogP contribution in [-0.2, 0) is 51.1 Å². The average molecular weight is 873 g/mol. The van der Waals surface area contributed by atoms with E-state index >= 15 is 0 Å². The molecule has 0 aliphatic carbocycles. The summed E-state index contributed by atoms with van der Waals surface area (Å²) in [5.74, 6) is -0.372. The molecule has 2 aliphatic heterocycles. The van der Waals surface area contributed by atoms with E-state index in [1.54, 1.807) is 11.5 Å². The number of hydrogen-bond donors (Lipinski definition) is 1. The van der Waals surface area contributed by atoms with Crippen molar-refractivity contribution in [2.45, 2.75) is 103 Å². The Hall–Kier alpha value is -5.97. The highest BCUT2D eigenvalue weighted by Crippen LogP contribution is 2.33. The number of ether oxygens (including phenoxy) is 6. The molecule has 1 N–H and O–H groups in total. The van der Waals surface area contributed by atoms with Gasteiger partial charge in [0.1, 0.15) is 36.3 Å². The number of hydrogen-bond acceptors (Lipinski definition) is 18. The van der Waals surface area contributed by atoms with E-state index in [1.807, 2.05) is 55.5 Å². The SMILES string of the molecule is CCCCc1nc(Cl)c(C(=O)OC(C)OC(=O)O[C@@H]2COC3C2OC[C@H]3OCCC(C)[C@@H](O[N+](=O)[O-])[C@@H](C)O[N+](=O)[O-])n1Cc1ccc(-c2ccccc2-c2nn[nH]n2)cc1. The Labute approximate surface area is 353 Å². The summed E-state index contributed by atoms with van der Waals surface area (Å²) in [5, 5.41) is 34.0. The fourth-order valence-corrected chi connectivity index (χ4v) is 7.52. The van der Waals surface area contributed by atoms with Gasteiger partial charge in [0.25, 0.3) is 10.2 Å². The fourth-order valence-electron chi connectivity index (χ4n) is 7.24. The van der Waals surface area contributed by atoms with Crippen LogP contribution in [0.4, 0.5) is 4.79 Å². The standard InChI is InChI=1S/C38H45ClN8O14/c1-5-6-11-30-40-35(39)31(45(30)18-24-12-14-25(15-13-24)26-9-7-8-10-27(26)36-41-43-44-42-36)37(48)57-23(4)58-38(49)59-29-20-56-33-28(19-55-34(29)33)54-17-16-21(2)32(61-47(52)53)22(3)60-46(50)51/h7-10,12-15,21-23,28-29,32-34H,5-6,11,16-20H2,1-4H3,(H,41,42,43,44)/t21?,22-,23?,28-,29-,32-,33?,34?/m1/s1. The number of esters is 1. The number of halogens is 1. The van der Waals surface area contributed by atoms with Gasteiger partial charge in [-0.3, -0.25) is 0 Å². The lowest BCUT2D eigenvalue weighted by Crippen LogP contribution is -2.39. The molecule has 2 aromatic carbocycles. The van der Waals surface area contributed by atoms with Crippen molar-refractivity contribution in [2.75, 3.05) is 19.8 Å². The number of nitrogens with zero attached hydrogens (tertiary/aromatic N) is 7. The van der Waals surface area contributed by atoms with Gasteiger partial charge in [0.05, 0.1) is 13.2 Å². The number of aromatic nitrogens is 6. The number of nitrogens with one attached hydrogen (secondary N) is 1. The van der Waals surface area contributed by atoms with Gasteiger partial charge in [0, 0.05) is 32.1 Å². The number of aromatic amines is 1. The highest BCUT2D eigenvalue weighted by Gasteiger charge is 2.50. The van der Waals surface area contributed by atoms with Crippen molar-refractivity contribution in [3.8, 4) is 22.5 Å². The van der Waals surface area contributed by atoms with E-state index in [-0.39, 0.29) is 43.6 Å². The number of unbranched alkanes of at least 4 members (excludes halogenated alkanes) is 1. The summed E-state index contributed by atoms with van der Waals surface area (Å²) in [6.45, 7) is 6.69. The lowest BCUT2D eigenvalue weighted by Gasteiger charge is -2.26. The summed E-state index contributed by atoms with van der Waals surface area (Å²) < 4.78 is 35.5. The number of fused-ring (bicyclic) bond motifs is 1. The third-order valence-electron chi connectivity index (χ3n) is 10.2. The number of imidazole rings is 1. The average Bonchev–Trinajstić information content (AvgIpc) is 4.03. The molecule has 6 rings (SSSR count). The summed E-state index contributed by atoms with van der Waals surface area (Å²) in [7, 11) is 0. The van der Waals surface area contributed by atoms with Crippen molar-refractivity contribution < 1.29 is 57.9 Å². The zero-order valence-electron chi connectivity index (χ0n) is 33.6. The van der Waals surface area contributed by atoms with Gasteiger partial charge in [0.15, 0.2) is 17.0 Å². The van der Waals surface area contributed by atoms with Crippen LogP contribution in [0.5, 0.6) is 0 Å². The third-order valence-corrected chi connectivity index (χ3v) is 10.5. The van der Waals surface area contributed by atoms with Gasteiger partial charge in [-0.1, -0.05) is 80.4 Å². The molecule has 0 saturated carbocycles. The zero-order valence-corrected chi connectivity index (χ0v) is 34.4. The van der Waals surface area contributed by atoms with Gasteiger partial charge in [0.2, 0.25) is 12.1 Å². The van der Waals surface area contributed by atoms with Crippen LogP contribution in [0, 0.1) is 26.1 Å². The monoisotopic (exact) mass is 872 g/mol. The summed E-state index contributed by atoms with van der Waals surface area (Å²) in [6.07, 6.45) is -5.26. The molecule has 0 spiro atoms. The van der Waals surface area contributed by atoms with Crippen LogP contribution in [-0.4, -0.2) is 115 Å². The molecule has 0 amide bonds. The van der Waals surface area contributed by atoms with Crippen LogP contribution in [0.3, 0.4) is 0 Å². The Kier molecular flexibility index (Phi) is 15.0. The second-order valence-corrected chi connectivity index (χ2v) is 14.8. The van der Waals surface area contributed by atoms with Crippen molar-refractivity contribution >= 4 is 23.7 Å². The van der Waals surface area contributed by atoms with E-state index in [1.165, 1.54) is 13.8 Å². The van der Waals surface area contributed by atoms with Gasteiger partial charge in [-0.2, -0.15) is 5.21 Å². The van der Waals surface area contributed by atoms with Gasteiger partial charge < -0.3 is 42.7 Å². The van der Waals surface area contributed by atoms with Gasteiger partial charge in [-0.15, -0.1) is 30.4 Å². The second-order valence-electron chi connectivity index (χ2n) is 14.4. The van der Waals surface area contributed by atoms with Crippen LogP contribution in [0.1, 0.15) is 68.8 Å².